The highest BCUT2D eigenvalue weighted by atomic mass is 32.1. The predicted molar refractivity (Wildman–Crippen MR) is 92.3 cm³/mol. The lowest BCUT2D eigenvalue weighted by atomic mass is 9.80. The number of rotatable bonds is 6. The minimum Gasteiger partial charge on any atom is -0.328 e. The first-order chi connectivity index (χ1) is 10.9. The number of nitrogens with zero attached hydrogens (tertiary/aromatic N) is 5. The summed E-state index contributed by atoms with van der Waals surface area (Å²) in [6.45, 7) is 5.97. The summed E-state index contributed by atoms with van der Waals surface area (Å²) in [5.41, 5.74) is 7.01. The van der Waals surface area contributed by atoms with Crippen molar-refractivity contribution < 1.29 is 0 Å². The van der Waals surface area contributed by atoms with E-state index in [2.05, 4.69) is 53.0 Å². The minimum absolute atomic E-state index is 0.336. The first-order valence-corrected chi connectivity index (χ1v) is 9.08. The molecule has 0 unspecified atom stereocenters. The van der Waals surface area contributed by atoms with Crippen LogP contribution < -0.4 is 5.73 Å². The van der Waals surface area contributed by atoms with E-state index in [-0.39, 0.29) is 0 Å². The van der Waals surface area contributed by atoms with Crippen LogP contribution in [0, 0.1) is 0 Å². The van der Waals surface area contributed by atoms with Gasteiger partial charge in [-0.1, -0.05) is 13.8 Å². The van der Waals surface area contributed by atoms with Crippen LogP contribution in [-0.2, 0) is 20.1 Å². The molecule has 2 heterocycles. The fourth-order valence-corrected chi connectivity index (χ4v) is 3.80. The van der Waals surface area contributed by atoms with Crippen molar-refractivity contribution in [3.63, 3.8) is 0 Å². The third-order valence-electron chi connectivity index (χ3n) is 4.45. The van der Waals surface area contributed by atoms with Gasteiger partial charge in [0, 0.05) is 36.9 Å². The molecule has 2 N–H and O–H groups in total. The van der Waals surface area contributed by atoms with Gasteiger partial charge in [-0.3, -0.25) is 4.90 Å². The van der Waals surface area contributed by atoms with E-state index in [4.69, 9.17) is 10.7 Å². The highest BCUT2D eigenvalue weighted by Gasteiger charge is 2.31. The standard InChI is InChI=1S/C16H26N6S/c1-10(2)16-18-13(9-23-16)7-21(3)8-14-19-20-15(22(14)4)11-5-12(17)6-11/h9-12H,5-8,17H2,1-4H3. The molecule has 0 aliphatic heterocycles. The fraction of sp³-hybridized carbons (Fsp3) is 0.688. The number of aromatic nitrogens is 4. The molecule has 2 aromatic heterocycles. The van der Waals surface area contributed by atoms with Crippen molar-refractivity contribution in [2.75, 3.05) is 7.05 Å². The zero-order valence-electron chi connectivity index (χ0n) is 14.4. The van der Waals surface area contributed by atoms with Crippen molar-refractivity contribution >= 4 is 11.3 Å². The Morgan fingerprint density at radius 2 is 2.09 bits per heavy atom. The van der Waals surface area contributed by atoms with Crippen LogP contribution in [0.25, 0.3) is 0 Å². The average Bonchev–Trinajstić information content (AvgIpc) is 3.04. The molecule has 0 saturated heterocycles. The normalized spacial score (nSPS) is 21.2. The molecule has 0 spiro atoms. The van der Waals surface area contributed by atoms with Crippen molar-refractivity contribution in [2.45, 2.75) is 57.7 Å². The van der Waals surface area contributed by atoms with E-state index in [9.17, 15) is 0 Å². The van der Waals surface area contributed by atoms with Crippen LogP contribution in [0.1, 0.15) is 60.9 Å². The van der Waals surface area contributed by atoms with Gasteiger partial charge in [0.05, 0.1) is 17.2 Å². The number of hydrogen-bond acceptors (Lipinski definition) is 6. The first kappa shape index (κ1) is 16.5. The molecule has 0 amide bonds. The quantitative estimate of drug-likeness (QED) is 0.877. The van der Waals surface area contributed by atoms with Crippen LogP contribution in [0.2, 0.25) is 0 Å². The van der Waals surface area contributed by atoms with Gasteiger partial charge in [0.15, 0.2) is 0 Å². The molecular weight excluding hydrogens is 308 g/mol. The second-order valence-corrected chi connectivity index (χ2v) is 7.86. The van der Waals surface area contributed by atoms with Crippen LogP contribution >= 0.6 is 11.3 Å². The van der Waals surface area contributed by atoms with Gasteiger partial charge >= 0.3 is 0 Å². The average molecular weight is 334 g/mol. The van der Waals surface area contributed by atoms with Gasteiger partial charge in [-0.2, -0.15) is 0 Å². The number of nitrogens with two attached hydrogens (primary N) is 1. The molecular formula is C16H26N6S. The summed E-state index contributed by atoms with van der Waals surface area (Å²) in [5, 5.41) is 12.1. The maximum absolute atomic E-state index is 5.88. The van der Waals surface area contributed by atoms with E-state index in [0.717, 1.165) is 43.3 Å². The van der Waals surface area contributed by atoms with Crippen LogP contribution in [0.4, 0.5) is 0 Å². The van der Waals surface area contributed by atoms with E-state index in [1.807, 2.05) is 0 Å². The lowest BCUT2D eigenvalue weighted by Gasteiger charge is -2.31. The molecule has 1 aliphatic carbocycles. The minimum atomic E-state index is 0.336. The van der Waals surface area contributed by atoms with Crippen LogP contribution in [0.3, 0.4) is 0 Å². The molecule has 126 valence electrons. The van der Waals surface area contributed by atoms with Gasteiger partial charge in [0.1, 0.15) is 11.6 Å². The molecule has 23 heavy (non-hydrogen) atoms. The molecule has 1 aliphatic rings. The third kappa shape index (κ3) is 3.62. The Kier molecular flexibility index (Phi) is 4.79. The highest BCUT2D eigenvalue weighted by Crippen LogP contribution is 2.34. The van der Waals surface area contributed by atoms with Crippen molar-refractivity contribution in [3.05, 3.63) is 27.7 Å². The van der Waals surface area contributed by atoms with E-state index >= 15 is 0 Å². The summed E-state index contributed by atoms with van der Waals surface area (Å²) in [6, 6.07) is 0.336. The van der Waals surface area contributed by atoms with Gasteiger partial charge in [-0.25, -0.2) is 4.98 Å². The van der Waals surface area contributed by atoms with Crippen molar-refractivity contribution in [3.8, 4) is 0 Å². The Balaban J connectivity index is 1.60. The van der Waals surface area contributed by atoms with Gasteiger partial charge in [-0.05, 0) is 19.9 Å². The van der Waals surface area contributed by atoms with E-state index in [1.54, 1.807) is 11.3 Å². The molecule has 6 nitrogen and oxygen atoms in total. The monoisotopic (exact) mass is 334 g/mol. The Morgan fingerprint density at radius 3 is 2.70 bits per heavy atom. The summed E-state index contributed by atoms with van der Waals surface area (Å²) in [4.78, 5) is 6.93. The second kappa shape index (κ2) is 6.67. The van der Waals surface area contributed by atoms with Crippen molar-refractivity contribution in [2.24, 2.45) is 12.8 Å². The summed E-state index contributed by atoms with van der Waals surface area (Å²) < 4.78 is 2.13. The zero-order chi connectivity index (χ0) is 16.6. The Bertz CT molecular complexity index is 655. The largest absolute Gasteiger partial charge is 0.328 e. The molecule has 7 heteroatoms. The highest BCUT2D eigenvalue weighted by molar-refractivity contribution is 7.09. The molecule has 3 rings (SSSR count). The summed E-state index contributed by atoms with van der Waals surface area (Å²) in [6.07, 6.45) is 2.05. The maximum atomic E-state index is 5.88. The number of hydrogen-bond donors (Lipinski definition) is 1. The Labute approximate surface area is 141 Å². The van der Waals surface area contributed by atoms with Gasteiger partial charge < -0.3 is 10.3 Å². The Hall–Kier alpha value is -1.31. The summed E-state index contributed by atoms with van der Waals surface area (Å²) in [5.74, 6) is 3.05. The molecule has 1 saturated carbocycles. The molecule has 0 aromatic carbocycles. The molecule has 1 fully saturated rings. The van der Waals surface area contributed by atoms with Crippen LogP contribution in [0.15, 0.2) is 5.38 Å². The lowest BCUT2D eigenvalue weighted by Crippen LogP contribution is -2.36. The van der Waals surface area contributed by atoms with E-state index in [1.165, 1.54) is 5.01 Å². The van der Waals surface area contributed by atoms with Crippen molar-refractivity contribution in [1.29, 1.82) is 0 Å². The molecule has 0 radical (unpaired) electrons. The zero-order valence-corrected chi connectivity index (χ0v) is 15.2. The topological polar surface area (TPSA) is 72.9 Å². The summed E-state index contributed by atoms with van der Waals surface area (Å²) in [7, 11) is 4.16. The van der Waals surface area contributed by atoms with E-state index < -0.39 is 0 Å². The SMILES string of the molecule is CC(C)c1nc(CN(C)Cc2nnc(C3CC(N)C3)n2C)cs1. The Morgan fingerprint density at radius 1 is 1.35 bits per heavy atom. The van der Waals surface area contributed by atoms with Gasteiger partial charge in [0.2, 0.25) is 0 Å². The van der Waals surface area contributed by atoms with Gasteiger partial charge in [0.25, 0.3) is 0 Å². The smallest absolute Gasteiger partial charge is 0.146 e. The molecule has 0 atom stereocenters. The first-order valence-electron chi connectivity index (χ1n) is 8.20. The molecule has 2 aromatic rings. The molecule has 0 bridgehead atoms. The second-order valence-electron chi connectivity index (χ2n) is 6.97. The maximum Gasteiger partial charge on any atom is 0.146 e. The third-order valence-corrected chi connectivity index (χ3v) is 5.64. The number of thiazole rings is 1. The summed E-state index contributed by atoms with van der Waals surface area (Å²) >= 11 is 1.75. The fourth-order valence-electron chi connectivity index (χ4n) is 2.98. The van der Waals surface area contributed by atoms with Crippen molar-refractivity contribution in [1.82, 2.24) is 24.6 Å². The van der Waals surface area contributed by atoms with Crippen LogP contribution in [-0.4, -0.2) is 37.7 Å². The van der Waals surface area contributed by atoms with Crippen LogP contribution in [0.5, 0.6) is 0 Å². The van der Waals surface area contributed by atoms with E-state index in [0.29, 0.717) is 17.9 Å². The predicted octanol–water partition coefficient (Wildman–Crippen LogP) is 2.23. The lowest BCUT2D eigenvalue weighted by molar-refractivity contribution is 0.299. The van der Waals surface area contributed by atoms with Gasteiger partial charge in [-0.15, -0.1) is 21.5 Å².